The second-order valence-electron chi connectivity index (χ2n) is 11.8. The van der Waals surface area contributed by atoms with E-state index in [0.29, 0.717) is 34.7 Å². The third-order valence-corrected chi connectivity index (χ3v) is 8.86. The van der Waals surface area contributed by atoms with E-state index in [9.17, 15) is 10.5 Å². The number of fused-ring (bicyclic) bond motifs is 4. The molecule has 0 atom stereocenters. The van der Waals surface area contributed by atoms with Crippen LogP contribution < -0.4 is 9.80 Å². The molecule has 0 spiro atoms. The first-order valence-electron chi connectivity index (χ1n) is 16.0. The molecule has 50 heavy (non-hydrogen) atoms. The molecule has 0 fully saturated rings. The van der Waals surface area contributed by atoms with Crippen molar-refractivity contribution in [1.82, 2.24) is 19.9 Å². The van der Waals surface area contributed by atoms with Gasteiger partial charge in [0.1, 0.15) is 12.1 Å². The third-order valence-electron chi connectivity index (χ3n) is 8.86. The molecule has 8 heteroatoms. The van der Waals surface area contributed by atoms with Crippen molar-refractivity contribution in [2.45, 2.75) is 0 Å². The normalized spacial score (nSPS) is 11.9. The summed E-state index contributed by atoms with van der Waals surface area (Å²) in [6.07, 6.45) is 0. The lowest BCUT2D eigenvalue weighted by atomic mass is 10.0. The number of benzene rings is 6. The van der Waals surface area contributed by atoms with E-state index >= 15 is 0 Å². The van der Waals surface area contributed by atoms with E-state index in [1.54, 1.807) is 0 Å². The minimum Gasteiger partial charge on any atom is -0.273 e. The first kappa shape index (κ1) is 28.8. The van der Waals surface area contributed by atoms with Gasteiger partial charge in [-0.15, -0.1) is 0 Å². The van der Waals surface area contributed by atoms with Crippen LogP contribution in [0.5, 0.6) is 0 Å². The first-order chi connectivity index (χ1) is 24.7. The number of anilines is 6. The Morgan fingerprint density at radius 3 is 1.14 bits per heavy atom. The largest absolute Gasteiger partial charge is 0.273 e. The Labute approximate surface area is 287 Å². The van der Waals surface area contributed by atoms with Gasteiger partial charge in [0.25, 0.3) is 0 Å². The molecule has 0 saturated carbocycles. The van der Waals surface area contributed by atoms with Gasteiger partial charge < -0.3 is 0 Å². The summed E-state index contributed by atoms with van der Waals surface area (Å²) in [6, 6.07) is 52.6. The van der Waals surface area contributed by atoms with Crippen molar-refractivity contribution in [1.29, 1.82) is 10.5 Å². The molecule has 6 aromatic carbocycles. The molecule has 1 aliphatic heterocycles. The molecule has 232 valence electrons. The predicted octanol–water partition coefficient (Wildman–Crippen LogP) is 9.90. The van der Waals surface area contributed by atoms with Gasteiger partial charge in [0, 0.05) is 22.5 Å². The summed E-state index contributed by atoms with van der Waals surface area (Å²) in [5, 5.41) is 24.5. The highest BCUT2D eigenvalue weighted by Crippen LogP contribution is 2.53. The van der Waals surface area contributed by atoms with Crippen molar-refractivity contribution in [2.24, 2.45) is 0 Å². The van der Waals surface area contributed by atoms with Gasteiger partial charge in [-0.05, 0) is 45.8 Å². The maximum Gasteiger partial charge on any atom is 0.184 e. The zero-order chi connectivity index (χ0) is 33.6. The Morgan fingerprint density at radius 1 is 0.380 bits per heavy atom. The van der Waals surface area contributed by atoms with Crippen LogP contribution in [-0.4, -0.2) is 19.9 Å². The summed E-state index contributed by atoms with van der Waals surface area (Å²) in [5.74, 6) is 1.72. The average Bonchev–Trinajstić information content (AvgIpc) is 3.19. The summed E-state index contributed by atoms with van der Waals surface area (Å²) in [7, 11) is 0. The van der Waals surface area contributed by atoms with Crippen LogP contribution in [0.25, 0.3) is 44.1 Å². The fourth-order valence-corrected chi connectivity index (χ4v) is 6.51. The lowest BCUT2D eigenvalue weighted by Crippen LogP contribution is -2.29. The molecule has 0 saturated heterocycles. The van der Waals surface area contributed by atoms with Crippen molar-refractivity contribution >= 4 is 56.2 Å². The van der Waals surface area contributed by atoms with Crippen LogP contribution in [0.4, 0.5) is 34.6 Å². The summed E-state index contributed by atoms with van der Waals surface area (Å²) < 4.78 is 0. The van der Waals surface area contributed by atoms with E-state index in [4.69, 9.17) is 19.9 Å². The van der Waals surface area contributed by atoms with Gasteiger partial charge in [-0.3, -0.25) is 9.80 Å². The fraction of sp³-hybridized carbons (Fsp3) is 0. The predicted molar refractivity (Wildman–Crippen MR) is 196 cm³/mol. The average molecular weight is 641 g/mol. The lowest BCUT2D eigenvalue weighted by Gasteiger charge is -2.37. The zero-order valence-corrected chi connectivity index (χ0v) is 26.4. The van der Waals surface area contributed by atoms with Crippen LogP contribution in [0.3, 0.4) is 0 Å². The van der Waals surface area contributed by atoms with Crippen molar-refractivity contribution in [3.8, 4) is 34.7 Å². The number of nitrogens with zero attached hydrogens (tertiary/aromatic N) is 8. The number of nitriles is 2. The summed E-state index contributed by atoms with van der Waals surface area (Å²) in [6.45, 7) is 0. The highest BCUT2D eigenvalue weighted by Gasteiger charge is 2.38. The first-order valence-corrected chi connectivity index (χ1v) is 16.0. The molecule has 9 rings (SSSR count). The van der Waals surface area contributed by atoms with Crippen LogP contribution in [0.15, 0.2) is 146 Å². The van der Waals surface area contributed by atoms with Gasteiger partial charge in [-0.1, -0.05) is 121 Å². The standard InChI is InChI=1S/C42H24N8/c43-25-35-36(26-44)46-40-39(45-35)49(33-21-19-27-11-7-9-17-31(27)23-33)41-42(50(40)34-22-20-28-12-8-10-18-32(28)24-34)48-38(30-15-5-2-6-16-30)37(47-41)29-13-3-1-4-14-29/h1-24H. The minimum absolute atomic E-state index is 0.0731. The summed E-state index contributed by atoms with van der Waals surface area (Å²) in [4.78, 5) is 24.3. The van der Waals surface area contributed by atoms with E-state index in [2.05, 4.69) is 48.5 Å². The van der Waals surface area contributed by atoms with Crippen LogP contribution >= 0.6 is 0 Å². The Hall–Kier alpha value is -7.42. The molecule has 0 radical (unpaired) electrons. The molecule has 0 aliphatic carbocycles. The molecule has 0 bridgehead atoms. The summed E-state index contributed by atoms with van der Waals surface area (Å²) >= 11 is 0. The third kappa shape index (κ3) is 4.68. The molecular formula is C42H24N8. The van der Waals surface area contributed by atoms with Crippen LogP contribution in [0, 0.1) is 22.7 Å². The monoisotopic (exact) mass is 640 g/mol. The topological polar surface area (TPSA) is 106 Å². The zero-order valence-electron chi connectivity index (χ0n) is 26.4. The van der Waals surface area contributed by atoms with Gasteiger partial charge in [0.15, 0.2) is 34.7 Å². The van der Waals surface area contributed by atoms with Crippen molar-refractivity contribution < 1.29 is 0 Å². The number of hydrogen-bond acceptors (Lipinski definition) is 8. The lowest BCUT2D eigenvalue weighted by molar-refractivity contribution is 0.980. The van der Waals surface area contributed by atoms with E-state index in [1.807, 2.05) is 119 Å². The second-order valence-corrected chi connectivity index (χ2v) is 11.8. The van der Waals surface area contributed by atoms with Crippen LogP contribution in [0.2, 0.25) is 0 Å². The van der Waals surface area contributed by atoms with Crippen LogP contribution in [-0.2, 0) is 0 Å². The Kier molecular flexibility index (Phi) is 6.72. The van der Waals surface area contributed by atoms with E-state index in [1.165, 1.54) is 0 Å². The minimum atomic E-state index is -0.0731. The summed E-state index contributed by atoms with van der Waals surface area (Å²) in [5.41, 5.74) is 4.53. The maximum absolute atomic E-state index is 10.1. The molecule has 0 unspecified atom stereocenters. The smallest absolute Gasteiger partial charge is 0.184 e. The Morgan fingerprint density at radius 2 is 0.740 bits per heavy atom. The molecule has 0 amide bonds. The highest BCUT2D eigenvalue weighted by molar-refractivity contribution is 6.01. The highest BCUT2D eigenvalue weighted by atomic mass is 15.4. The molecule has 8 nitrogen and oxygen atoms in total. The Balaban J connectivity index is 1.42. The molecule has 0 N–H and O–H groups in total. The molecule has 3 heterocycles. The SMILES string of the molecule is N#Cc1nc2c(nc1C#N)N(c1ccc3ccccc3c1)c1nc(-c3ccccc3)c(-c3ccccc3)nc1N2c1ccc2ccccc2c1. The van der Waals surface area contributed by atoms with E-state index < -0.39 is 0 Å². The number of rotatable bonds is 4. The van der Waals surface area contributed by atoms with Gasteiger partial charge in [0.2, 0.25) is 0 Å². The van der Waals surface area contributed by atoms with E-state index in [-0.39, 0.29) is 11.4 Å². The van der Waals surface area contributed by atoms with Crippen LogP contribution in [0.1, 0.15) is 11.4 Å². The number of hydrogen-bond donors (Lipinski definition) is 0. The molecule has 8 aromatic rings. The van der Waals surface area contributed by atoms with E-state index in [0.717, 1.165) is 44.0 Å². The van der Waals surface area contributed by atoms with Gasteiger partial charge >= 0.3 is 0 Å². The fourth-order valence-electron chi connectivity index (χ4n) is 6.51. The molecule has 2 aromatic heterocycles. The second kappa shape index (κ2) is 11.7. The molecule has 1 aliphatic rings. The van der Waals surface area contributed by atoms with Gasteiger partial charge in [-0.2, -0.15) is 10.5 Å². The van der Waals surface area contributed by atoms with Crippen molar-refractivity contribution in [3.63, 3.8) is 0 Å². The van der Waals surface area contributed by atoms with Crippen molar-refractivity contribution in [2.75, 3.05) is 9.80 Å². The maximum atomic E-state index is 10.1. The molecular weight excluding hydrogens is 617 g/mol. The quantitative estimate of drug-likeness (QED) is 0.187. The van der Waals surface area contributed by atoms with Crippen molar-refractivity contribution in [3.05, 3.63) is 157 Å². The van der Waals surface area contributed by atoms with Gasteiger partial charge in [0.05, 0.1) is 11.4 Å². The Bertz CT molecular complexity index is 2510. The number of aromatic nitrogens is 4. The van der Waals surface area contributed by atoms with Gasteiger partial charge in [-0.25, -0.2) is 19.9 Å².